The Morgan fingerprint density at radius 1 is 0.443 bits per heavy atom. The third-order valence-corrected chi connectivity index (χ3v) is 14.8. The van der Waals surface area contributed by atoms with Gasteiger partial charge in [0.25, 0.3) is 0 Å². The average Bonchev–Trinajstić information content (AvgIpc) is 3.47. The van der Waals surface area contributed by atoms with E-state index >= 15 is 0 Å². The first kappa shape index (κ1) is 73.9. The van der Waals surface area contributed by atoms with Crippen LogP contribution >= 0.6 is 0 Å². The van der Waals surface area contributed by atoms with Crippen LogP contribution < -0.4 is 5.32 Å². The minimum atomic E-state index is -1.59. The highest BCUT2D eigenvalue weighted by Crippen LogP contribution is 2.23. The molecule has 0 spiro atoms. The van der Waals surface area contributed by atoms with E-state index in [0.717, 1.165) is 83.5 Å². The molecule has 9 heteroatoms. The number of carbonyl (C=O) groups is 1. The molecule has 0 bridgehead atoms. The molecule has 1 aliphatic rings. The molecule has 454 valence electrons. The molecule has 0 aromatic heterocycles. The third kappa shape index (κ3) is 47.1. The smallest absolute Gasteiger partial charge is 0.220 e. The Morgan fingerprint density at radius 2 is 0.797 bits per heavy atom. The minimum Gasteiger partial charge on any atom is -0.394 e. The fraction of sp³-hybridized carbons (Fsp3) is 0.729. The summed E-state index contributed by atoms with van der Waals surface area (Å²) in [5, 5.41) is 54.6. The van der Waals surface area contributed by atoms with Crippen molar-refractivity contribution >= 4 is 5.91 Å². The van der Waals surface area contributed by atoms with E-state index in [1.54, 1.807) is 6.08 Å². The van der Waals surface area contributed by atoms with Crippen LogP contribution in [0.2, 0.25) is 0 Å². The molecule has 0 aromatic rings. The summed E-state index contributed by atoms with van der Waals surface area (Å²) in [6, 6.07) is -0.850. The van der Waals surface area contributed by atoms with Gasteiger partial charge in [0.2, 0.25) is 5.91 Å². The zero-order valence-electron chi connectivity index (χ0n) is 50.6. The monoisotopic (exact) mass is 1100 g/mol. The lowest BCUT2D eigenvalue weighted by Crippen LogP contribution is -2.60. The Bertz CT molecular complexity index is 1610. The van der Waals surface area contributed by atoms with Crippen LogP contribution in [0.1, 0.15) is 271 Å². The highest BCUT2D eigenvalue weighted by atomic mass is 16.7. The Morgan fingerprint density at radius 3 is 1.22 bits per heavy atom. The molecular weight excluding hydrogens is 983 g/mol. The SMILES string of the molecule is CC/C=C\C/C=C\C/C=C\C/C=C\C/C=C\C/C=C\C/C=C\CCCCCC(=O)NC(COC1OC(CO)C(O)C(O)C1O)C(O)/C=C/CC/C=C/CCCCCCCCCCCCCCCCCCCCCCCCCCC. The second-order valence-corrected chi connectivity index (χ2v) is 22.2. The summed E-state index contributed by atoms with van der Waals surface area (Å²) in [4.78, 5) is 13.1. The molecule has 1 saturated heterocycles. The fourth-order valence-electron chi connectivity index (χ4n) is 9.74. The first-order chi connectivity index (χ1) is 38.8. The average molecular weight is 1100 g/mol. The molecular formula is C70H121NO8. The molecule has 9 nitrogen and oxygen atoms in total. The largest absolute Gasteiger partial charge is 0.394 e. The van der Waals surface area contributed by atoms with Crippen LogP contribution in [0.5, 0.6) is 0 Å². The van der Waals surface area contributed by atoms with Crippen LogP contribution in [0, 0.1) is 0 Å². The number of aliphatic hydroxyl groups is 5. The number of allylic oxidation sites excluding steroid dienone is 17. The molecule has 0 radical (unpaired) electrons. The van der Waals surface area contributed by atoms with Crippen LogP contribution in [-0.4, -0.2) is 87.5 Å². The van der Waals surface area contributed by atoms with E-state index in [1.807, 2.05) is 6.08 Å². The Hall–Kier alpha value is -3.15. The van der Waals surface area contributed by atoms with E-state index in [0.29, 0.717) is 12.8 Å². The molecule has 7 unspecified atom stereocenters. The maximum Gasteiger partial charge on any atom is 0.220 e. The van der Waals surface area contributed by atoms with Gasteiger partial charge in [0.15, 0.2) is 6.29 Å². The fourth-order valence-corrected chi connectivity index (χ4v) is 9.74. The quantitative estimate of drug-likeness (QED) is 0.0261. The second-order valence-electron chi connectivity index (χ2n) is 22.2. The van der Waals surface area contributed by atoms with Crippen LogP contribution in [0.15, 0.2) is 109 Å². The number of hydrogen-bond donors (Lipinski definition) is 6. The van der Waals surface area contributed by atoms with Crippen molar-refractivity contribution in [3.05, 3.63) is 109 Å². The van der Waals surface area contributed by atoms with E-state index in [4.69, 9.17) is 9.47 Å². The summed E-state index contributed by atoms with van der Waals surface area (Å²) < 4.78 is 11.3. The van der Waals surface area contributed by atoms with Gasteiger partial charge in [-0.2, -0.15) is 0 Å². The van der Waals surface area contributed by atoms with Gasteiger partial charge in [-0.3, -0.25) is 4.79 Å². The molecule has 1 heterocycles. The number of carbonyl (C=O) groups excluding carboxylic acids is 1. The normalized spacial score (nSPS) is 19.3. The van der Waals surface area contributed by atoms with Gasteiger partial charge < -0.3 is 40.3 Å². The maximum absolute atomic E-state index is 13.1. The lowest BCUT2D eigenvalue weighted by molar-refractivity contribution is -0.302. The van der Waals surface area contributed by atoms with E-state index in [2.05, 4.69) is 116 Å². The van der Waals surface area contributed by atoms with Gasteiger partial charge in [0.1, 0.15) is 24.4 Å². The number of ether oxygens (including phenoxy) is 2. The summed E-state index contributed by atoms with van der Waals surface area (Å²) >= 11 is 0. The first-order valence-electron chi connectivity index (χ1n) is 32.6. The molecule has 1 amide bonds. The van der Waals surface area contributed by atoms with Gasteiger partial charge in [-0.1, -0.05) is 284 Å². The molecule has 0 saturated carbocycles. The Labute approximate surface area is 485 Å². The predicted molar refractivity (Wildman–Crippen MR) is 336 cm³/mol. The Kier molecular flexibility index (Phi) is 54.3. The van der Waals surface area contributed by atoms with Gasteiger partial charge in [0.05, 0.1) is 25.4 Å². The molecule has 7 atom stereocenters. The predicted octanol–water partition coefficient (Wildman–Crippen LogP) is 17.3. The van der Waals surface area contributed by atoms with Crippen molar-refractivity contribution in [1.29, 1.82) is 0 Å². The second kappa shape index (κ2) is 58.1. The number of aliphatic hydroxyl groups excluding tert-OH is 5. The van der Waals surface area contributed by atoms with Crippen LogP contribution in [0.25, 0.3) is 0 Å². The van der Waals surface area contributed by atoms with Gasteiger partial charge in [-0.15, -0.1) is 0 Å². The summed E-state index contributed by atoms with van der Waals surface area (Å²) in [5.74, 6) is -0.220. The number of unbranched alkanes of at least 4 members (excludes halogenated alkanes) is 29. The molecule has 1 fully saturated rings. The lowest BCUT2D eigenvalue weighted by Gasteiger charge is -2.40. The number of rotatable bonds is 55. The highest BCUT2D eigenvalue weighted by molar-refractivity contribution is 5.76. The van der Waals surface area contributed by atoms with Gasteiger partial charge >= 0.3 is 0 Å². The van der Waals surface area contributed by atoms with Crippen molar-refractivity contribution in [2.24, 2.45) is 0 Å². The third-order valence-electron chi connectivity index (χ3n) is 14.8. The number of amides is 1. The summed E-state index contributed by atoms with van der Waals surface area (Å²) in [5.41, 5.74) is 0. The molecule has 0 aliphatic carbocycles. The zero-order chi connectivity index (χ0) is 57.2. The summed E-state index contributed by atoms with van der Waals surface area (Å²) in [6.07, 6.45) is 79.0. The van der Waals surface area contributed by atoms with Crippen LogP contribution in [0.3, 0.4) is 0 Å². The number of nitrogens with one attached hydrogen (secondary N) is 1. The maximum atomic E-state index is 13.1. The standard InChI is InChI=1S/C70H121NO8/c1-3-5-7-9-11-13-15-17-19-21-23-25-27-29-30-31-32-33-34-36-37-39-41-43-45-47-49-51-53-55-57-59-64(73)63(62-78-70-69(77)68(76)67(75)65(61-72)79-70)71-66(74)60-58-56-54-52-50-48-46-44-42-40-38-35-28-26-24-22-20-18-16-14-12-10-8-6-4-2/h6,8,12,14,18,20,24,26,35,38,42,44,48-51,57,59,63-65,67-70,72-73,75-77H,3-5,7,9-11,13,15-17,19,21-23,25,27-34,36-37,39-41,43,45-47,52-56,58,60-62H2,1-2H3,(H,71,74)/b8-6-,14-12-,20-18-,26-24-,38-35-,44-42-,50-48-,51-49+,59-57+. The van der Waals surface area contributed by atoms with Crippen molar-refractivity contribution in [3.8, 4) is 0 Å². The van der Waals surface area contributed by atoms with Crippen LogP contribution in [0.4, 0.5) is 0 Å². The molecule has 6 N–H and O–H groups in total. The molecule has 0 aromatic carbocycles. The Balaban J connectivity index is 2.23. The van der Waals surface area contributed by atoms with Crippen molar-refractivity contribution in [1.82, 2.24) is 5.32 Å². The van der Waals surface area contributed by atoms with Gasteiger partial charge in [0, 0.05) is 6.42 Å². The van der Waals surface area contributed by atoms with E-state index in [1.165, 1.54) is 161 Å². The van der Waals surface area contributed by atoms with Gasteiger partial charge in [-0.25, -0.2) is 0 Å². The van der Waals surface area contributed by atoms with Crippen molar-refractivity contribution in [2.45, 2.75) is 314 Å². The van der Waals surface area contributed by atoms with E-state index in [-0.39, 0.29) is 12.5 Å². The van der Waals surface area contributed by atoms with Crippen LogP contribution in [-0.2, 0) is 14.3 Å². The first-order valence-corrected chi connectivity index (χ1v) is 32.6. The zero-order valence-corrected chi connectivity index (χ0v) is 50.6. The summed E-state index contributed by atoms with van der Waals surface area (Å²) in [7, 11) is 0. The highest BCUT2D eigenvalue weighted by Gasteiger charge is 2.44. The van der Waals surface area contributed by atoms with E-state index < -0.39 is 49.5 Å². The lowest BCUT2D eigenvalue weighted by atomic mass is 9.99. The van der Waals surface area contributed by atoms with Crippen molar-refractivity contribution < 1.29 is 39.8 Å². The summed E-state index contributed by atoms with van der Waals surface area (Å²) in [6.45, 7) is 3.65. The molecule has 1 rings (SSSR count). The number of hydrogen-bond acceptors (Lipinski definition) is 8. The molecule has 1 aliphatic heterocycles. The van der Waals surface area contributed by atoms with E-state index in [9.17, 15) is 30.3 Å². The van der Waals surface area contributed by atoms with Gasteiger partial charge in [-0.05, 0) is 89.9 Å². The van der Waals surface area contributed by atoms with Crippen molar-refractivity contribution in [3.63, 3.8) is 0 Å². The van der Waals surface area contributed by atoms with Crippen molar-refractivity contribution in [2.75, 3.05) is 13.2 Å². The molecule has 79 heavy (non-hydrogen) atoms. The minimum absolute atomic E-state index is 0.220. The topological polar surface area (TPSA) is 149 Å².